The molecule has 3 N–H and O–H groups in total. The maximum Gasteiger partial charge on any atom is 0.419 e. The van der Waals surface area contributed by atoms with Crippen molar-refractivity contribution in [2.45, 2.75) is 6.18 Å². The molecule has 0 spiro atoms. The van der Waals surface area contributed by atoms with E-state index < -0.39 is 17.6 Å². The van der Waals surface area contributed by atoms with E-state index in [1.54, 1.807) is 0 Å². The first-order chi connectivity index (χ1) is 8.41. The molecule has 0 aliphatic carbocycles. The van der Waals surface area contributed by atoms with Crippen LogP contribution in [0.15, 0.2) is 24.3 Å². The number of carbonyl (C=O) groups excluding carboxylic acids is 1. The van der Waals surface area contributed by atoms with Crippen molar-refractivity contribution in [3.8, 4) is 5.75 Å². The molecule has 1 aromatic carbocycles. The van der Waals surface area contributed by atoms with Crippen molar-refractivity contribution in [1.82, 2.24) is 5.32 Å². The molecule has 0 saturated heterocycles. The summed E-state index contributed by atoms with van der Waals surface area (Å²) in [7, 11) is 0. The minimum atomic E-state index is -4.45. The quantitative estimate of drug-likeness (QED) is 0.784. The zero-order valence-electron chi connectivity index (χ0n) is 9.87. The molecule has 1 aromatic rings. The number of primary amides is 1. The summed E-state index contributed by atoms with van der Waals surface area (Å²) in [4.78, 5) is 10.4. The Morgan fingerprint density at radius 2 is 1.95 bits per heavy atom. The highest BCUT2D eigenvalue weighted by Gasteiger charge is 2.33. The number of carbonyl (C=O) groups is 1. The summed E-state index contributed by atoms with van der Waals surface area (Å²) in [5.41, 5.74) is 4.06. The number of benzene rings is 1. The Labute approximate surface area is 114 Å². The standard InChI is InChI=1S/C11H13F3N2O2.ClH/c12-11(13,14)8-3-1-2-4-9(8)18-6-5-16-7-10(15)17;/h1-4,16H,5-7H2,(H2,15,17);1H. The molecule has 19 heavy (non-hydrogen) atoms. The van der Waals surface area contributed by atoms with E-state index in [1.807, 2.05) is 0 Å². The lowest BCUT2D eigenvalue weighted by Gasteiger charge is -2.13. The van der Waals surface area contributed by atoms with Crippen LogP contribution >= 0.6 is 12.4 Å². The fourth-order valence-electron chi connectivity index (χ4n) is 1.27. The van der Waals surface area contributed by atoms with Gasteiger partial charge in [-0.2, -0.15) is 13.2 Å². The van der Waals surface area contributed by atoms with Gasteiger partial charge >= 0.3 is 6.18 Å². The summed E-state index contributed by atoms with van der Waals surface area (Å²) in [6.45, 7) is 0.208. The SMILES string of the molecule is Cl.NC(=O)CNCCOc1ccccc1C(F)(F)F. The van der Waals surface area contributed by atoms with E-state index in [0.29, 0.717) is 0 Å². The third-order valence-electron chi connectivity index (χ3n) is 2.03. The van der Waals surface area contributed by atoms with Crippen molar-refractivity contribution in [1.29, 1.82) is 0 Å². The van der Waals surface area contributed by atoms with Gasteiger partial charge in [0.15, 0.2) is 0 Å². The van der Waals surface area contributed by atoms with Crippen LogP contribution in [0.25, 0.3) is 0 Å². The second-order valence-corrected chi connectivity index (χ2v) is 3.49. The molecule has 0 aliphatic heterocycles. The smallest absolute Gasteiger partial charge is 0.419 e. The Kier molecular flexibility index (Phi) is 7.25. The topological polar surface area (TPSA) is 64.4 Å². The fourth-order valence-corrected chi connectivity index (χ4v) is 1.27. The largest absolute Gasteiger partial charge is 0.492 e. The Morgan fingerprint density at radius 1 is 1.32 bits per heavy atom. The number of amides is 1. The van der Waals surface area contributed by atoms with Crippen molar-refractivity contribution in [2.75, 3.05) is 19.7 Å². The second-order valence-electron chi connectivity index (χ2n) is 3.49. The maximum atomic E-state index is 12.6. The molecular formula is C11H14ClF3N2O2. The molecule has 0 unspecified atom stereocenters. The molecule has 0 radical (unpaired) electrons. The van der Waals surface area contributed by atoms with Gasteiger partial charge in [0, 0.05) is 6.54 Å². The highest BCUT2D eigenvalue weighted by molar-refractivity contribution is 5.85. The number of halogens is 4. The fraction of sp³-hybridized carbons (Fsp3) is 0.364. The van der Waals surface area contributed by atoms with E-state index in [-0.39, 0.29) is 37.9 Å². The van der Waals surface area contributed by atoms with Crippen LogP contribution in [0.1, 0.15) is 5.56 Å². The molecule has 108 valence electrons. The van der Waals surface area contributed by atoms with E-state index in [9.17, 15) is 18.0 Å². The average molecular weight is 299 g/mol. The summed E-state index contributed by atoms with van der Waals surface area (Å²) in [5, 5.41) is 2.63. The van der Waals surface area contributed by atoms with Crippen LogP contribution < -0.4 is 15.8 Å². The highest BCUT2D eigenvalue weighted by Crippen LogP contribution is 2.35. The van der Waals surface area contributed by atoms with Gasteiger partial charge < -0.3 is 15.8 Å². The van der Waals surface area contributed by atoms with Crippen molar-refractivity contribution >= 4 is 18.3 Å². The third-order valence-corrected chi connectivity index (χ3v) is 2.03. The summed E-state index contributed by atoms with van der Waals surface area (Å²) < 4.78 is 42.7. The number of hydrogen-bond acceptors (Lipinski definition) is 3. The lowest BCUT2D eigenvalue weighted by molar-refractivity contribution is -0.138. The van der Waals surface area contributed by atoms with E-state index >= 15 is 0 Å². The highest BCUT2D eigenvalue weighted by atomic mass is 35.5. The molecule has 0 atom stereocenters. The Morgan fingerprint density at radius 3 is 2.53 bits per heavy atom. The van der Waals surface area contributed by atoms with Crippen LogP contribution in [0, 0.1) is 0 Å². The van der Waals surface area contributed by atoms with Crippen molar-refractivity contribution < 1.29 is 22.7 Å². The monoisotopic (exact) mass is 298 g/mol. The lowest BCUT2D eigenvalue weighted by atomic mass is 10.2. The number of nitrogens with two attached hydrogens (primary N) is 1. The van der Waals surface area contributed by atoms with E-state index in [1.165, 1.54) is 18.2 Å². The summed E-state index contributed by atoms with van der Waals surface area (Å²) in [6.07, 6.45) is -4.45. The molecule has 1 amide bonds. The van der Waals surface area contributed by atoms with Gasteiger partial charge in [-0.3, -0.25) is 4.79 Å². The van der Waals surface area contributed by atoms with Gasteiger partial charge in [-0.15, -0.1) is 12.4 Å². The van der Waals surface area contributed by atoms with Crippen molar-refractivity contribution in [2.24, 2.45) is 5.73 Å². The second kappa shape index (κ2) is 7.85. The molecule has 0 aromatic heterocycles. The van der Waals surface area contributed by atoms with Crippen LogP contribution in [-0.4, -0.2) is 25.6 Å². The number of ether oxygens (including phenoxy) is 1. The number of alkyl halides is 3. The van der Waals surface area contributed by atoms with E-state index in [4.69, 9.17) is 10.5 Å². The zero-order chi connectivity index (χ0) is 13.6. The van der Waals surface area contributed by atoms with Crippen molar-refractivity contribution in [3.05, 3.63) is 29.8 Å². The molecule has 0 saturated carbocycles. The molecule has 0 aliphatic rings. The zero-order valence-corrected chi connectivity index (χ0v) is 10.7. The molecule has 8 heteroatoms. The Hall–Kier alpha value is -1.47. The van der Waals surface area contributed by atoms with Gasteiger partial charge in [0.2, 0.25) is 5.91 Å². The predicted molar refractivity (Wildman–Crippen MR) is 66.3 cm³/mol. The van der Waals surface area contributed by atoms with Crippen LogP contribution in [0.5, 0.6) is 5.75 Å². The molecule has 0 bridgehead atoms. The van der Waals surface area contributed by atoms with Gasteiger partial charge in [-0.1, -0.05) is 12.1 Å². The molecule has 1 rings (SSSR count). The normalized spacial score (nSPS) is 10.7. The molecular weight excluding hydrogens is 285 g/mol. The van der Waals surface area contributed by atoms with Crippen molar-refractivity contribution in [3.63, 3.8) is 0 Å². The summed E-state index contributed by atoms with van der Waals surface area (Å²) >= 11 is 0. The molecule has 0 fully saturated rings. The van der Waals surface area contributed by atoms with Gasteiger partial charge in [0.25, 0.3) is 0 Å². The first kappa shape index (κ1) is 17.5. The van der Waals surface area contributed by atoms with E-state index in [0.717, 1.165) is 6.07 Å². The first-order valence-corrected chi connectivity index (χ1v) is 5.19. The summed E-state index contributed by atoms with van der Waals surface area (Å²) in [6, 6.07) is 4.95. The van der Waals surface area contributed by atoms with Crippen LogP contribution in [0.3, 0.4) is 0 Å². The number of nitrogens with one attached hydrogen (secondary N) is 1. The minimum Gasteiger partial charge on any atom is -0.492 e. The number of rotatable bonds is 6. The van der Waals surface area contributed by atoms with Gasteiger partial charge in [0.05, 0.1) is 12.1 Å². The number of hydrogen-bond donors (Lipinski definition) is 2. The molecule has 4 nitrogen and oxygen atoms in total. The maximum absolute atomic E-state index is 12.6. The summed E-state index contributed by atoms with van der Waals surface area (Å²) in [5.74, 6) is -0.767. The first-order valence-electron chi connectivity index (χ1n) is 5.19. The Balaban J connectivity index is 0.00000324. The van der Waals surface area contributed by atoms with Crippen LogP contribution in [0.4, 0.5) is 13.2 Å². The minimum absolute atomic E-state index is 0. The van der Waals surface area contributed by atoms with Crippen LogP contribution in [-0.2, 0) is 11.0 Å². The Bertz CT molecular complexity index is 413. The van der Waals surface area contributed by atoms with E-state index in [2.05, 4.69) is 5.32 Å². The average Bonchev–Trinajstić information content (AvgIpc) is 2.27. The molecule has 0 heterocycles. The predicted octanol–water partition coefficient (Wildman–Crippen LogP) is 1.58. The van der Waals surface area contributed by atoms with Gasteiger partial charge in [-0.05, 0) is 12.1 Å². The van der Waals surface area contributed by atoms with Gasteiger partial charge in [0.1, 0.15) is 12.4 Å². The van der Waals surface area contributed by atoms with Gasteiger partial charge in [-0.25, -0.2) is 0 Å². The third kappa shape index (κ3) is 6.30. The van der Waals surface area contributed by atoms with Crippen LogP contribution in [0.2, 0.25) is 0 Å². The lowest BCUT2D eigenvalue weighted by Crippen LogP contribution is -2.31. The number of para-hydroxylation sites is 1.